The Kier molecular flexibility index (Phi) is 5.74. The number of fused-ring (bicyclic) bond motifs is 1. The predicted molar refractivity (Wildman–Crippen MR) is 89.2 cm³/mol. The molecule has 1 N–H and O–H groups in total. The van der Waals surface area contributed by atoms with E-state index >= 15 is 0 Å². The Morgan fingerprint density at radius 3 is 2.52 bits per heavy atom. The minimum Gasteiger partial charge on any atom is -0.478 e. The van der Waals surface area contributed by atoms with E-state index < -0.39 is 5.97 Å². The van der Waals surface area contributed by atoms with Crippen LogP contribution < -0.4 is 0 Å². The fraction of sp³-hybridized carbons (Fsp3) is 0.368. The lowest BCUT2D eigenvalue weighted by molar-refractivity contribution is 0.0527. The number of hydrogen-bond acceptors (Lipinski definition) is 3. The van der Waals surface area contributed by atoms with Crippen LogP contribution in [0.5, 0.6) is 0 Å². The van der Waals surface area contributed by atoms with Gasteiger partial charge in [0, 0.05) is 0 Å². The van der Waals surface area contributed by atoms with Gasteiger partial charge < -0.3 is 9.84 Å². The second-order valence-electron chi connectivity index (χ2n) is 5.52. The van der Waals surface area contributed by atoms with E-state index in [-0.39, 0.29) is 11.5 Å². The topological polar surface area (TPSA) is 63.6 Å². The highest BCUT2D eigenvalue weighted by Crippen LogP contribution is 2.34. The Morgan fingerprint density at radius 1 is 1.09 bits per heavy atom. The van der Waals surface area contributed by atoms with Gasteiger partial charge in [0.2, 0.25) is 0 Å². The maximum Gasteiger partial charge on any atom is 0.338 e. The number of unbranched alkanes of at least 4 members (excludes halogenated alkanes) is 2. The zero-order chi connectivity index (χ0) is 16.8. The van der Waals surface area contributed by atoms with E-state index in [4.69, 9.17) is 4.74 Å². The number of rotatable bonds is 7. The first-order valence-electron chi connectivity index (χ1n) is 8.04. The van der Waals surface area contributed by atoms with Crippen LogP contribution in [0.2, 0.25) is 0 Å². The minimum absolute atomic E-state index is 0.220. The molecule has 0 atom stereocenters. The number of carboxylic acids is 1. The minimum atomic E-state index is -0.971. The number of aryl methyl sites for hydroxylation is 1. The van der Waals surface area contributed by atoms with Crippen molar-refractivity contribution in [2.24, 2.45) is 0 Å². The van der Waals surface area contributed by atoms with Crippen molar-refractivity contribution in [2.45, 2.75) is 39.5 Å². The molecule has 4 nitrogen and oxygen atoms in total. The van der Waals surface area contributed by atoms with Crippen LogP contribution in [0.1, 0.15) is 59.4 Å². The highest BCUT2D eigenvalue weighted by molar-refractivity contribution is 6.01. The van der Waals surface area contributed by atoms with Crippen molar-refractivity contribution in [2.75, 3.05) is 6.61 Å². The molecule has 2 rings (SSSR count). The molecule has 4 heteroatoms. The first-order chi connectivity index (χ1) is 11.1. The molecule has 23 heavy (non-hydrogen) atoms. The van der Waals surface area contributed by atoms with E-state index in [1.165, 1.54) is 0 Å². The summed E-state index contributed by atoms with van der Waals surface area (Å²) in [6, 6.07) is 8.51. The molecular formula is C19H22O4. The Balaban J connectivity index is 2.50. The molecule has 0 unspecified atom stereocenters. The van der Waals surface area contributed by atoms with E-state index in [2.05, 4.69) is 6.92 Å². The molecule has 122 valence electrons. The van der Waals surface area contributed by atoms with Crippen LogP contribution in [0, 0.1) is 0 Å². The van der Waals surface area contributed by atoms with Crippen molar-refractivity contribution in [1.82, 2.24) is 0 Å². The maximum absolute atomic E-state index is 12.2. The molecule has 0 amide bonds. The molecule has 0 aliphatic heterocycles. The Hall–Kier alpha value is -2.36. The average molecular weight is 314 g/mol. The second kappa shape index (κ2) is 7.77. The zero-order valence-electron chi connectivity index (χ0n) is 13.6. The number of ether oxygens (including phenoxy) is 1. The summed E-state index contributed by atoms with van der Waals surface area (Å²) < 4.78 is 5.13. The summed E-state index contributed by atoms with van der Waals surface area (Å²) in [5.41, 5.74) is 3.32. The normalized spacial score (nSPS) is 10.7. The van der Waals surface area contributed by atoms with E-state index in [1.54, 1.807) is 31.2 Å². The number of carbonyl (C=O) groups is 2. The summed E-state index contributed by atoms with van der Waals surface area (Å²) in [5, 5.41) is 9.27. The van der Waals surface area contributed by atoms with Crippen molar-refractivity contribution in [3.63, 3.8) is 0 Å². The van der Waals surface area contributed by atoms with Crippen LogP contribution in [0.15, 0.2) is 30.3 Å². The standard InChI is InChI=1S/C19H22O4/c1-3-5-6-8-13-11-17(19(22)23-4-2)15-10-7-9-14(18(20)21)12-16(13)15/h7,9-12H,3-6,8H2,1-2H3,(H,20,21). The summed E-state index contributed by atoms with van der Waals surface area (Å²) in [6.07, 6.45) is 4.05. The number of aromatic carboxylic acids is 1. The van der Waals surface area contributed by atoms with Gasteiger partial charge in [0.05, 0.1) is 17.7 Å². The quantitative estimate of drug-likeness (QED) is 0.608. The molecule has 0 spiro atoms. The van der Waals surface area contributed by atoms with Crippen molar-refractivity contribution in [1.29, 1.82) is 0 Å². The Bertz CT molecular complexity index is 675. The van der Waals surface area contributed by atoms with Gasteiger partial charge in [0.15, 0.2) is 0 Å². The molecule has 0 fully saturated rings. The molecule has 2 aliphatic carbocycles. The van der Waals surface area contributed by atoms with Crippen molar-refractivity contribution in [3.8, 4) is 11.1 Å². The smallest absolute Gasteiger partial charge is 0.338 e. The molecule has 0 aromatic heterocycles. The molecule has 2 aliphatic rings. The summed E-state index contributed by atoms with van der Waals surface area (Å²) in [5.74, 6) is -1.33. The van der Waals surface area contributed by atoms with Crippen LogP contribution in [-0.2, 0) is 11.2 Å². The summed E-state index contributed by atoms with van der Waals surface area (Å²) in [6.45, 7) is 4.22. The maximum atomic E-state index is 12.2. The van der Waals surface area contributed by atoms with E-state index in [9.17, 15) is 14.7 Å². The predicted octanol–water partition coefficient (Wildman–Crippen LogP) is 4.40. The lowest BCUT2D eigenvalue weighted by Gasteiger charge is -2.03. The summed E-state index contributed by atoms with van der Waals surface area (Å²) in [7, 11) is 0. The van der Waals surface area contributed by atoms with E-state index in [0.29, 0.717) is 12.2 Å². The highest BCUT2D eigenvalue weighted by Gasteiger charge is 2.21. The number of esters is 1. The SMILES string of the molecule is CCCCCc1cc(C(=O)OCC)c2cccc(C(=O)O)cc1-2. The number of carbonyl (C=O) groups excluding carboxylic acids is 1. The molecule has 0 saturated carbocycles. The molecule has 0 aromatic carbocycles. The lowest BCUT2D eigenvalue weighted by atomic mass is 10.0. The van der Waals surface area contributed by atoms with E-state index in [1.807, 2.05) is 6.07 Å². The average Bonchev–Trinajstić information content (AvgIpc) is 2.70. The fourth-order valence-electron chi connectivity index (χ4n) is 2.73. The van der Waals surface area contributed by atoms with Gasteiger partial charge in [0.25, 0.3) is 0 Å². The van der Waals surface area contributed by atoms with Crippen LogP contribution in [0.3, 0.4) is 0 Å². The van der Waals surface area contributed by atoms with Crippen LogP contribution >= 0.6 is 0 Å². The third-order valence-electron chi connectivity index (χ3n) is 3.88. The van der Waals surface area contributed by atoms with Gasteiger partial charge >= 0.3 is 11.9 Å². The monoisotopic (exact) mass is 314 g/mol. The second-order valence-corrected chi connectivity index (χ2v) is 5.52. The molecular weight excluding hydrogens is 292 g/mol. The molecule has 0 heterocycles. The zero-order valence-corrected chi connectivity index (χ0v) is 13.6. The van der Waals surface area contributed by atoms with Gasteiger partial charge in [-0.3, -0.25) is 0 Å². The van der Waals surface area contributed by atoms with Crippen LogP contribution in [0.4, 0.5) is 0 Å². The molecule has 0 bridgehead atoms. The van der Waals surface area contributed by atoms with Crippen LogP contribution in [0.25, 0.3) is 11.1 Å². The van der Waals surface area contributed by atoms with Crippen molar-refractivity contribution < 1.29 is 19.4 Å². The molecule has 0 aromatic rings. The third-order valence-corrected chi connectivity index (χ3v) is 3.88. The van der Waals surface area contributed by atoms with E-state index in [0.717, 1.165) is 42.4 Å². The van der Waals surface area contributed by atoms with Crippen molar-refractivity contribution in [3.05, 3.63) is 47.0 Å². The Labute approximate surface area is 136 Å². The van der Waals surface area contributed by atoms with Gasteiger partial charge in [-0.2, -0.15) is 0 Å². The van der Waals surface area contributed by atoms with Gasteiger partial charge in [-0.1, -0.05) is 31.9 Å². The van der Waals surface area contributed by atoms with Gasteiger partial charge in [-0.05, 0) is 54.7 Å². The van der Waals surface area contributed by atoms with Gasteiger partial charge in [-0.15, -0.1) is 0 Å². The van der Waals surface area contributed by atoms with Gasteiger partial charge in [-0.25, -0.2) is 9.59 Å². The first kappa shape index (κ1) is 17.0. The molecule has 0 radical (unpaired) electrons. The van der Waals surface area contributed by atoms with Gasteiger partial charge in [0.1, 0.15) is 0 Å². The highest BCUT2D eigenvalue weighted by atomic mass is 16.5. The summed E-state index contributed by atoms with van der Waals surface area (Å²) >= 11 is 0. The largest absolute Gasteiger partial charge is 0.478 e. The third kappa shape index (κ3) is 3.89. The number of hydrogen-bond donors (Lipinski definition) is 1. The number of carboxylic acid groups (broad SMARTS) is 1. The molecule has 0 saturated heterocycles. The van der Waals surface area contributed by atoms with Crippen molar-refractivity contribution >= 4 is 11.9 Å². The Morgan fingerprint density at radius 2 is 1.87 bits per heavy atom. The lowest BCUT2D eigenvalue weighted by Crippen LogP contribution is -2.03. The first-order valence-corrected chi connectivity index (χ1v) is 8.04. The fourth-order valence-corrected chi connectivity index (χ4v) is 2.73. The van der Waals surface area contributed by atoms with Crippen LogP contribution in [-0.4, -0.2) is 23.7 Å². The summed E-state index contributed by atoms with van der Waals surface area (Å²) in [4.78, 5) is 23.5.